The van der Waals surface area contributed by atoms with E-state index in [-0.39, 0.29) is 11.6 Å². The predicted molar refractivity (Wildman–Crippen MR) is 83.7 cm³/mol. The number of esters is 1. The molecule has 0 aliphatic heterocycles. The highest BCUT2D eigenvalue weighted by Gasteiger charge is 2.43. The molecule has 21 heavy (non-hydrogen) atoms. The first-order valence-electron chi connectivity index (χ1n) is 7.54. The van der Waals surface area contributed by atoms with E-state index in [1.807, 2.05) is 13.8 Å². The van der Waals surface area contributed by atoms with Gasteiger partial charge in [-0.2, -0.15) is 0 Å². The minimum absolute atomic E-state index is 0.306. The second kappa shape index (κ2) is 6.05. The maximum absolute atomic E-state index is 11.8. The van der Waals surface area contributed by atoms with Crippen LogP contribution in [-0.4, -0.2) is 24.7 Å². The molecular weight excluding hydrogens is 286 g/mol. The van der Waals surface area contributed by atoms with E-state index in [2.05, 4.69) is 18.8 Å². The Hall–Kier alpha value is -0.940. The van der Waals surface area contributed by atoms with Crippen molar-refractivity contribution >= 4 is 17.3 Å². The van der Waals surface area contributed by atoms with Crippen molar-refractivity contribution in [1.29, 1.82) is 0 Å². The van der Waals surface area contributed by atoms with E-state index in [0.29, 0.717) is 16.9 Å². The first-order chi connectivity index (χ1) is 9.83. The summed E-state index contributed by atoms with van der Waals surface area (Å²) >= 11 is 1.43. The van der Waals surface area contributed by atoms with Crippen LogP contribution in [0.5, 0.6) is 0 Å². The van der Waals surface area contributed by atoms with E-state index in [4.69, 9.17) is 9.47 Å². The van der Waals surface area contributed by atoms with E-state index < -0.39 is 0 Å². The summed E-state index contributed by atoms with van der Waals surface area (Å²) in [5, 5.41) is 0.928. The van der Waals surface area contributed by atoms with Crippen LogP contribution in [-0.2, 0) is 15.1 Å². The Labute approximate surface area is 130 Å². The molecule has 2 rings (SSSR count). The zero-order valence-corrected chi connectivity index (χ0v) is 14.4. The minimum Gasteiger partial charge on any atom is -0.465 e. The zero-order chi connectivity index (χ0) is 15.7. The molecule has 0 amide bonds. The SMILES string of the molecule is CCOC1(c2nc(C)c(C(=O)OC)s2)CCC(C)(C)CC1. The van der Waals surface area contributed by atoms with Gasteiger partial charge >= 0.3 is 5.97 Å². The van der Waals surface area contributed by atoms with Crippen LogP contribution in [0, 0.1) is 12.3 Å². The van der Waals surface area contributed by atoms with Crippen molar-refractivity contribution in [3.63, 3.8) is 0 Å². The van der Waals surface area contributed by atoms with Gasteiger partial charge in [0, 0.05) is 6.61 Å². The summed E-state index contributed by atoms with van der Waals surface area (Å²) in [6, 6.07) is 0. The molecule has 0 spiro atoms. The summed E-state index contributed by atoms with van der Waals surface area (Å²) in [6.07, 6.45) is 4.14. The second-order valence-electron chi connectivity index (χ2n) is 6.52. The van der Waals surface area contributed by atoms with Gasteiger partial charge in [0.25, 0.3) is 0 Å². The second-order valence-corrected chi connectivity index (χ2v) is 7.52. The van der Waals surface area contributed by atoms with Gasteiger partial charge in [-0.05, 0) is 44.9 Å². The van der Waals surface area contributed by atoms with Crippen molar-refractivity contribution in [2.45, 2.75) is 59.0 Å². The van der Waals surface area contributed by atoms with Gasteiger partial charge in [0.1, 0.15) is 15.5 Å². The number of ether oxygens (including phenoxy) is 2. The molecule has 1 saturated carbocycles. The monoisotopic (exact) mass is 311 g/mol. The Morgan fingerprint density at radius 1 is 1.29 bits per heavy atom. The summed E-state index contributed by atoms with van der Waals surface area (Å²) in [4.78, 5) is 17.0. The number of nitrogens with zero attached hydrogens (tertiary/aromatic N) is 1. The molecule has 0 radical (unpaired) electrons. The topological polar surface area (TPSA) is 48.4 Å². The average molecular weight is 311 g/mol. The smallest absolute Gasteiger partial charge is 0.349 e. The van der Waals surface area contributed by atoms with Crippen molar-refractivity contribution < 1.29 is 14.3 Å². The molecule has 0 N–H and O–H groups in total. The first-order valence-corrected chi connectivity index (χ1v) is 8.35. The third-order valence-corrected chi connectivity index (χ3v) is 5.71. The number of carbonyl (C=O) groups is 1. The number of methoxy groups -OCH3 is 1. The average Bonchev–Trinajstić information content (AvgIpc) is 2.83. The van der Waals surface area contributed by atoms with Crippen LogP contribution in [0.3, 0.4) is 0 Å². The van der Waals surface area contributed by atoms with Crippen LogP contribution in [0.1, 0.15) is 66.8 Å². The molecule has 1 aliphatic carbocycles. The number of thiazole rings is 1. The van der Waals surface area contributed by atoms with Crippen LogP contribution in [0.4, 0.5) is 0 Å². The van der Waals surface area contributed by atoms with Gasteiger partial charge in [0.05, 0.1) is 12.8 Å². The van der Waals surface area contributed by atoms with Gasteiger partial charge in [0.2, 0.25) is 0 Å². The molecule has 0 saturated heterocycles. The quantitative estimate of drug-likeness (QED) is 0.786. The summed E-state index contributed by atoms with van der Waals surface area (Å²) in [5.41, 5.74) is 0.773. The van der Waals surface area contributed by atoms with E-state index >= 15 is 0 Å². The number of hydrogen-bond donors (Lipinski definition) is 0. The molecule has 1 fully saturated rings. The van der Waals surface area contributed by atoms with E-state index in [1.54, 1.807) is 0 Å². The van der Waals surface area contributed by atoms with Crippen LogP contribution in [0.25, 0.3) is 0 Å². The van der Waals surface area contributed by atoms with Crippen molar-refractivity contribution in [2.24, 2.45) is 5.41 Å². The Bertz CT molecular complexity index is 512. The number of aromatic nitrogens is 1. The highest BCUT2D eigenvalue weighted by Crippen LogP contribution is 2.48. The summed E-state index contributed by atoms with van der Waals surface area (Å²) < 4.78 is 11.0. The Balaban J connectivity index is 2.33. The Morgan fingerprint density at radius 2 is 1.90 bits per heavy atom. The third kappa shape index (κ3) is 3.29. The molecule has 0 atom stereocenters. The van der Waals surface area contributed by atoms with Gasteiger partial charge in [-0.3, -0.25) is 0 Å². The van der Waals surface area contributed by atoms with Gasteiger partial charge in [-0.1, -0.05) is 13.8 Å². The fraction of sp³-hybridized carbons (Fsp3) is 0.750. The van der Waals surface area contributed by atoms with Gasteiger partial charge in [-0.15, -0.1) is 11.3 Å². The van der Waals surface area contributed by atoms with Gasteiger partial charge in [-0.25, -0.2) is 9.78 Å². The summed E-state index contributed by atoms with van der Waals surface area (Å²) in [7, 11) is 1.41. The largest absolute Gasteiger partial charge is 0.465 e. The first kappa shape index (κ1) is 16.4. The highest BCUT2D eigenvalue weighted by atomic mass is 32.1. The fourth-order valence-electron chi connectivity index (χ4n) is 2.90. The highest BCUT2D eigenvalue weighted by molar-refractivity contribution is 7.13. The Morgan fingerprint density at radius 3 is 2.43 bits per heavy atom. The van der Waals surface area contributed by atoms with E-state index in [9.17, 15) is 4.79 Å². The van der Waals surface area contributed by atoms with Crippen molar-refractivity contribution in [3.05, 3.63) is 15.6 Å². The van der Waals surface area contributed by atoms with Crippen LogP contribution in [0.15, 0.2) is 0 Å². The maximum atomic E-state index is 11.8. The lowest BCUT2D eigenvalue weighted by molar-refractivity contribution is -0.0890. The van der Waals surface area contributed by atoms with Crippen LogP contribution < -0.4 is 0 Å². The molecular formula is C16H25NO3S. The van der Waals surface area contributed by atoms with Crippen molar-refractivity contribution in [1.82, 2.24) is 4.98 Å². The molecule has 1 aliphatic rings. The molecule has 0 bridgehead atoms. The maximum Gasteiger partial charge on any atom is 0.349 e. The number of hydrogen-bond acceptors (Lipinski definition) is 5. The normalized spacial score (nSPS) is 20.2. The summed E-state index contributed by atoms with van der Waals surface area (Å²) in [5.74, 6) is -0.306. The molecule has 1 aromatic rings. The fourth-order valence-corrected chi connectivity index (χ4v) is 4.09. The van der Waals surface area contributed by atoms with Gasteiger partial charge < -0.3 is 9.47 Å². The molecule has 1 heterocycles. The number of carbonyl (C=O) groups excluding carboxylic acids is 1. The van der Waals surface area contributed by atoms with E-state index in [1.165, 1.54) is 18.4 Å². The lowest BCUT2D eigenvalue weighted by Crippen LogP contribution is -2.37. The minimum atomic E-state index is -0.327. The third-order valence-electron chi connectivity index (χ3n) is 4.39. The molecule has 0 aromatic carbocycles. The summed E-state index contributed by atoms with van der Waals surface area (Å²) in [6.45, 7) is 9.14. The molecule has 5 heteroatoms. The Kier molecular flexibility index (Phi) is 4.73. The van der Waals surface area contributed by atoms with Crippen LogP contribution >= 0.6 is 11.3 Å². The predicted octanol–water partition coefficient (Wildman–Crippen LogP) is 4.07. The lowest BCUT2D eigenvalue weighted by atomic mass is 9.71. The lowest BCUT2D eigenvalue weighted by Gasteiger charge is -2.42. The van der Waals surface area contributed by atoms with Gasteiger partial charge in [0.15, 0.2) is 0 Å². The molecule has 118 valence electrons. The molecule has 0 unspecified atom stereocenters. The standard InChI is InChI=1S/C16H25NO3S/c1-6-20-16(9-7-15(3,4)8-10-16)14-17-11(2)12(21-14)13(18)19-5/h6-10H2,1-5H3. The zero-order valence-electron chi connectivity index (χ0n) is 13.6. The van der Waals surface area contributed by atoms with Crippen molar-refractivity contribution in [3.8, 4) is 0 Å². The van der Waals surface area contributed by atoms with E-state index in [0.717, 1.165) is 36.4 Å². The van der Waals surface area contributed by atoms with Crippen LogP contribution in [0.2, 0.25) is 0 Å². The number of aryl methyl sites for hydroxylation is 1. The molecule has 4 nitrogen and oxygen atoms in total. The number of rotatable bonds is 4. The molecule has 1 aromatic heterocycles. The van der Waals surface area contributed by atoms with Crippen molar-refractivity contribution in [2.75, 3.05) is 13.7 Å².